The van der Waals surface area contributed by atoms with Crippen molar-refractivity contribution in [3.63, 3.8) is 0 Å². The number of hydrogen-bond donors (Lipinski definition) is 1. The predicted molar refractivity (Wildman–Crippen MR) is 74.9 cm³/mol. The van der Waals surface area contributed by atoms with E-state index in [-0.39, 0.29) is 17.1 Å². The number of ketones is 1. The Morgan fingerprint density at radius 1 is 1.20 bits per heavy atom. The number of phenols is 1. The van der Waals surface area contributed by atoms with Gasteiger partial charge in [-0.1, -0.05) is 35.5 Å². The molecule has 4 nitrogen and oxygen atoms in total. The molecule has 0 aliphatic rings. The third-order valence-electron chi connectivity index (χ3n) is 3.26. The summed E-state index contributed by atoms with van der Waals surface area (Å²) < 4.78 is 5.26. The Balaban J connectivity index is 2.11. The first-order valence-corrected chi connectivity index (χ1v) is 6.32. The van der Waals surface area contributed by atoms with Crippen LogP contribution in [0, 0.1) is 0 Å². The lowest BCUT2D eigenvalue weighted by Crippen LogP contribution is -1.94. The number of nitrogens with zero attached hydrogens (tertiary/aromatic N) is 1. The average molecular weight is 267 g/mol. The zero-order valence-electron chi connectivity index (χ0n) is 11.0. The van der Waals surface area contributed by atoms with Crippen molar-refractivity contribution in [2.75, 3.05) is 0 Å². The molecule has 4 heteroatoms. The predicted octanol–water partition coefficient (Wildman–Crippen LogP) is 3.33. The molecule has 20 heavy (non-hydrogen) atoms. The number of aromatic nitrogens is 1. The number of fused-ring (bicyclic) bond motifs is 1. The fraction of sp³-hybridized carbons (Fsp3) is 0.125. The molecule has 1 aromatic heterocycles. The summed E-state index contributed by atoms with van der Waals surface area (Å²) in [6.07, 6.45) is 0.621. The van der Waals surface area contributed by atoms with E-state index in [0.717, 1.165) is 16.6 Å². The molecule has 3 rings (SSSR count). The number of hydrogen-bond acceptors (Lipinski definition) is 4. The molecule has 3 aromatic rings. The summed E-state index contributed by atoms with van der Waals surface area (Å²) in [4.78, 5) is 11.6. The van der Waals surface area contributed by atoms with Gasteiger partial charge in [-0.3, -0.25) is 4.79 Å². The van der Waals surface area contributed by atoms with Crippen molar-refractivity contribution in [1.29, 1.82) is 0 Å². The van der Waals surface area contributed by atoms with Crippen LogP contribution in [0.25, 0.3) is 11.0 Å². The van der Waals surface area contributed by atoms with Crippen LogP contribution in [0.5, 0.6) is 5.75 Å². The molecule has 0 radical (unpaired) electrons. The van der Waals surface area contributed by atoms with E-state index in [4.69, 9.17) is 4.52 Å². The van der Waals surface area contributed by atoms with Gasteiger partial charge in [0.05, 0.1) is 5.69 Å². The van der Waals surface area contributed by atoms with E-state index < -0.39 is 0 Å². The first-order chi connectivity index (χ1) is 9.66. The summed E-state index contributed by atoms with van der Waals surface area (Å²) in [6.45, 7) is 1.40. The fourth-order valence-corrected chi connectivity index (χ4v) is 2.30. The molecule has 0 atom stereocenters. The van der Waals surface area contributed by atoms with E-state index in [2.05, 4.69) is 5.16 Å². The second kappa shape index (κ2) is 4.81. The smallest absolute Gasteiger partial charge is 0.181 e. The highest BCUT2D eigenvalue weighted by Crippen LogP contribution is 2.30. The largest absolute Gasteiger partial charge is 0.507 e. The summed E-state index contributed by atoms with van der Waals surface area (Å²) in [6, 6.07) is 13.1. The van der Waals surface area contributed by atoms with Crippen LogP contribution in [-0.2, 0) is 6.42 Å². The lowest BCUT2D eigenvalue weighted by Gasteiger charge is -2.01. The zero-order valence-corrected chi connectivity index (χ0v) is 11.0. The van der Waals surface area contributed by atoms with Crippen molar-refractivity contribution in [2.45, 2.75) is 13.3 Å². The number of aromatic hydroxyl groups is 1. The monoisotopic (exact) mass is 267 g/mol. The quantitative estimate of drug-likeness (QED) is 0.739. The molecule has 2 aromatic carbocycles. The summed E-state index contributed by atoms with van der Waals surface area (Å²) in [5.41, 5.74) is 2.41. The van der Waals surface area contributed by atoms with Crippen LogP contribution in [0.15, 0.2) is 47.0 Å². The SMILES string of the molecule is CC(=O)c1c(O)ccc2c(Cc3ccccc3)noc12. The van der Waals surface area contributed by atoms with Gasteiger partial charge in [-0.2, -0.15) is 0 Å². The van der Waals surface area contributed by atoms with Gasteiger partial charge in [0.15, 0.2) is 11.4 Å². The first-order valence-electron chi connectivity index (χ1n) is 6.32. The maximum absolute atomic E-state index is 11.6. The number of rotatable bonds is 3. The van der Waals surface area contributed by atoms with Gasteiger partial charge in [-0.25, -0.2) is 0 Å². The molecule has 0 unspecified atom stereocenters. The van der Waals surface area contributed by atoms with Gasteiger partial charge >= 0.3 is 0 Å². The van der Waals surface area contributed by atoms with Crippen molar-refractivity contribution in [1.82, 2.24) is 5.16 Å². The van der Waals surface area contributed by atoms with Crippen LogP contribution in [0.3, 0.4) is 0 Å². The van der Waals surface area contributed by atoms with Crippen molar-refractivity contribution in [2.24, 2.45) is 0 Å². The van der Waals surface area contributed by atoms with Gasteiger partial charge in [0, 0.05) is 11.8 Å². The van der Waals surface area contributed by atoms with Crippen LogP contribution >= 0.6 is 0 Å². The van der Waals surface area contributed by atoms with Gasteiger partial charge in [0.1, 0.15) is 11.3 Å². The minimum Gasteiger partial charge on any atom is -0.507 e. The average Bonchev–Trinajstić information content (AvgIpc) is 2.82. The number of carbonyl (C=O) groups is 1. The van der Waals surface area contributed by atoms with Gasteiger partial charge in [-0.15, -0.1) is 0 Å². The molecule has 0 bridgehead atoms. The van der Waals surface area contributed by atoms with Gasteiger partial charge < -0.3 is 9.63 Å². The summed E-state index contributed by atoms with van der Waals surface area (Å²) >= 11 is 0. The minimum absolute atomic E-state index is 0.0765. The Hall–Kier alpha value is -2.62. The number of Topliss-reactive ketones (excluding diaryl/α,β-unsaturated/α-hetero) is 1. The van der Waals surface area contributed by atoms with Gasteiger partial charge in [-0.05, 0) is 24.6 Å². The van der Waals surface area contributed by atoms with Crippen LogP contribution in [-0.4, -0.2) is 16.0 Å². The summed E-state index contributed by atoms with van der Waals surface area (Å²) in [5, 5.41) is 14.6. The third kappa shape index (κ3) is 2.05. The van der Waals surface area contributed by atoms with Gasteiger partial charge in [0.2, 0.25) is 0 Å². The Morgan fingerprint density at radius 2 is 1.95 bits per heavy atom. The fourth-order valence-electron chi connectivity index (χ4n) is 2.30. The van der Waals surface area contributed by atoms with Crippen molar-refractivity contribution in [3.8, 4) is 5.75 Å². The molecule has 0 saturated heterocycles. The van der Waals surface area contributed by atoms with Crippen molar-refractivity contribution < 1.29 is 14.4 Å². The highest BCUT2D eigenvalue weighted by Gasteiger charge is 2.18. The molecule has 1 heterocycles. The lowest BCUT2D eigenvalue weighted by molar-refractivity contribution is 0.101. The molecule has 0 aliphatic heterocycles. The maximum atomic E-state index is 11.6. The van der Waals surface area contributed by atoms with E-state index in [9.17, 15) is 9.90 Å². The molecule has 0 fully saturated rings. The Labute approximate surface area is 115 Å². The molecule has 1 N–H and O–H groups in total. The van der Waals surface area contributed by atoms with Crippen LogP contribution < -0.4 is 0 Å². The summed E-state index contributed by atoms with van der Waals surface area (Å²) in [5.74, 6) is -0.317. The van der Waals surface area contributed by atoms with E-state index in [0.29, 0.717) is 12.0 Å². The van der Waals surface area contributed by atoms with E-state index in [1.165, 1.54) is 13.0 Å². The minimum atomic E-state index is -0.240. The Bertz CT molecular complexity index is 775. The van der Waals surface area contributed by atoms with Crippen molar-refractivity contribution >= 4 is 16.8 Å². The molecular formula is C16H13NO3. The van der Waals surface area contributed by atoms with Crippen molar-refractivity contribution in [3.05, 3.63) is 59.3 Å². The topological polar surface area (TPSA) is 63.3 Å². The highest BCUT2D eigenvalue weighted by atomic mass is 16.5. The Morgan fingerprint density at radius 3 is 2.65 bits per heavy atom. The van der Waals surface area contributed by atoms with Crippen LogP contribution in [0.2, 0.25) is 0 Å². The number of carbonyl (C=O) groups excluding carboxylic acids is 1. The molecule has 100 valence electrons. The van der Waals surface area contributed by atoms with E-state index in [1.807, 2.05) is 30.3 Å². The van der Waals surface area contributed by atoms with Gasteiger partial charge in [0.25, 0.3) is 0 Å². The summed E-state index contributed by atoms with van der Waals surface area (Å²) in [7, 11) is 0. The molecule has 0 amide bonds. The van der Waals surface area contributed by atoms with Crippen LogP contribution in [0.1, 0.15) is 28.5 Å². The zero-order chi connectivity index (χ0) is 14.1. The number of phenolic OH excluding ortho intramolecular Hbond substituents is 1. The second-order valence-electron chi connectivity index (χ2n) is 4.68. The first kappa shape index (κ1) is 12.4. The second-order valence-corrected chi connectivity index (χ2v) is 4.68. The molecule has 0 aliphatic carbocycles. The van der Waals surface area contributed by atoms with E-state index in [1.54, 1.807) is 6.07 Å². The van der Waals surface area contributed by atoms with E-state index >= 15 is 0 Å². The maximum Gasteiger partial charge on any atom is 0.181 e. The number of benzene rings is 2. The molecular weight excluding hydrogens is 254 g/mol. The normalized spacial score (nSPS) is 10.8. The lowest BCUT2D eigenvalue weighted by atomic mass is 10.0. The standard InChI is InChI=1S/C16H13NO3/c1-10(18)15-14(19)8-7-12-13(17-20-16(12)15)9-11-5-3-2-4-6-11/h2-8,19H,9H2,1H3. The molecule has 0 saturated carbocycles. The van der Waals surface area contributed by atoms with Crippen LogP contribution in [0.4, 0.5) is 0 Å². The molecule has 0 spiro atoms. The third-order valence-corrected chi connectivity index (χ3v) is 3.26. The Kier molecular flexibility index (Phi) is 2.99. The highest BCUT2D eigenvalue weighted by molar-refractivity contribution is 6.07.